The van der Waals surface area contributed by atoms with Crippen LogP contribution in [0.3, 0.4) is 0 Å². The molecule has 6 heteroatoms. The smallest absolute Gasteiger partial charge is 0.225 e. The summed E-state index contributed by atoms with van der Waals surface area (Å²) in [5, 5.41) is 2.13. The van der Waals surface area contributed by atoms with Gasteiger partial charge in [0, 0.05) is 43.8 Å². The van der Waals surface area contributed by atoms with Crippen molar-refractivity contribution >= 4 is 23.1 Å². The van der Waals surface area contributed by atoms with Crippen molar-refractivity contribution in [2.45, 2.75) is 26.8 Å². The lowest BCUT2D eigenvalue weighted by atomic mass is 10.2. The summed E-state index contributed by atoms with van der Waals surface area (Å²) in [5.41, 5.74) is 1.38. The molecule has 0 saturated carbocycles. The van der Waals surface area contributed by atoms with Crippen LogP contribution < -0.4 is 4.90 Å². The molecule has 0 unspecified atom stereocenters. The number of ketones is 1. The molecular formula is C17H22N4OS. The topological polar surface area (TPSA) is 49.3 Å². The molecule has 0 atom stereocenters. The number of anilines is 1. The monoisotopic (exact) mass is 330 g/mol. The first-order chi connectivity index (χ1) is 11.1. The van der Waals surface area contributed by atoms with Crippen LogP contribution in [0.15, 0.2) is 23.7 Å². The van der Waals surface area contributed by atoms with E-state index in [0.29, 0.717) is 5.56 Å². The number of hydrogen-bond acceptors (Lipinski definition) is 6. The minimum Gasteiger partial charge on any atom is -0.339 e. The van der Waals surface area contributed by atoms with E-state index in [1.54, 1.807) is 13.1 Å². The SMILES string of the molecule is CC(=O)c1cnc(N2CCCN(Cc3cccs3)CC2)nc1C. The Morgan fingerprint density at radius 2 is 2.17 bits per heavy atom. The van der Waals surface area contributed by atoms with Gasteiger partial charge in [-0.3, -0.25) is 9.69 Å². The number of aromatic nitrogens is 2. The normalized spacial score (nSPS) is 16.3. The predicted molar refractivity (Wildman–Crippen MR) is 93.2 cm³/mol. The van der Waals surface area contributed by atoms with E-state index in [-0.39, 0.29) is 5.78 Å². The lowest BCUT2D eigenvalue weighted by Gasteiger charge is -2.22. The van der Waals surface area contributed by atoms with E-state index in [0.717, 1.165) is 50.8 Å². The van der Waals surface area contributed by atoms with Crippen molar-refractivity contribution in [1.82, 2.24) is 14.9 Å². The summed E-state index contributed by atoms with van der Waals surface area (Å²) in [5.74, 6) is 0.762. The summed E-state index contributed by atoms with van der Waals surface area (Å²) in [7, 11) is 0. The molecule has 1 aliphatic heterocycles. The van der Waals surface area contributed by atoms with Gasteiger partial charge in [-0.15, -0.1) is 11.3 Å². The number of Topliss-reactive ketones (excluding diaryl/α,β-unsaturated/α-hetero) is 1. The molecule has 0 amide bonds. The molecule has 2 aromatic heterocycles. The Morgan fingerprint density at radius 1 is 1.30 bits per heavy atom. The van der Waals surface area contributed by atoms with Gasteiger partial charge in [0.25, 0.3) is 0 Å². The van der Waals surface area contributed by atoms with Crippen LogP contribution in [0.25, 0.3) is 0 Å². The van der Waals surface area contributed by atoms with E-state index >= 15 is 0 Å². The Balaban J connectivity index is 1.65. The van der Waals surface area contributed by atoms with Crippen molar-refractivity contribution < 1.29 is 4.79 Å². The van der Waals surface area contributed by atoms with E-state index in [9.17, 15) is 4.79 Å². The second-order valence-corrected chi connectivity index (χ2v) is 6.95. The lowest BCUT2D eigenvalue weighted by molar-refractivity contribution is 0.101. The molecule has 1 saturated heterocycles. The Bertz CT molecular complexity index is 671. The highest BCUT2D eigenvalue weighted by molar-refractivity contribution is 7.09. The first-order valence-corrected chi connectivity index (χ1v) is 8.85. The van der Waals surface area contributed by atoms with E-state index < -0.39 is 0 Å². The number of thiophene rings is 1. The number of rotatable bonds is 4. The quantitative estimate of drug-likeness (QED) is 0.807. The zero-order valence-electron chi connectivity index (χ0n) is 13.7. The molecule has 23 heavy (non-hydrogen) atoms. The van der Waals surface area contributed by atoms with Gasteiger partial charge in [-0.2, -0.15) is 0 Å². The number of nitrogens with zero attached hydrogens (tertiary/aromatic N) is 4. The van der Waals surface area contributed by atoms with Gasteiger partial charge >= 0.3 is 0 Å². The van der Waals surface area contributed by atoms with Crippen molar-refractivity contribution in [3.63, 3.8) is 0 Å². The maximum absolute atomic E-state index is 11.5. The van der Waals surface area contributed by atoms with Crippen LogP contribution in [-0.2, 0) is 6.54 Å². The second-order valence-electron chi connectivity index (χ2n) is 5.92. The van der Waals surface area contributed by atoms with Gasteiger partial charge in [0.15, 0.2) is 5.78 Å². The van der Waals surface area contributed by atoms with E-state index in [1.807, 2.05) is 18.3 Å². The standard InChI is InChI=1S/C17H22N4OS/c1-13-16(14(2)22)11-18-17(19-13)21-7-4-6-20(8-9-21)12-15-5-3-10-23-15/h3,5,10-11H,4,6-9,12H2,1-2H3. The molecule has 0 N–H and O–H groups in total. The fraction of sp³-hybridized carbons (Fsp3) is 0.471. The Hall–Kier alpha value is -1.79. The van der Waals surface area contributed by atoms with Crippen LogP contribution >= 0.6 is 11.3 Å². The summed E-state index contributed by atoms with van der Waals surface area (Å²) in [4.78, 5) is 26.6. The van der Waals surface area contributed by atoms with Crippen LogP contribution in [0.5, 0.6) is 0 Å². The molecule has 3 rings (SSSR count). The Labute approximate surface area is 141 Å². The number of aryl methyl sites for hydroxylation is 1. The average Bonchev–Trinajstić information content (AvgIpc) is 2.91. The van der Waals surface area contributed by atoms with Crippen LogP contribution in [0.4, 0.5) is 5.95 Å². The van der Waals surface area contributed by atoms with Crippen molar-refractivity contribution in [2.75, 3.05) is 31.1 Å². The predicted octanol–water partition coefficient (Wildman–Crippen LogP) is 2.76. The molecule has 0 bridgehead atoms. The van der Waals surface area contributed by atoms with Crippen LogP contribution in [0, 0.1) is 6.92 Å². The molecule has 0 aromatic carbocycles. The maximum Gasteiger partial charge on any atom is 0.225 e. The molecule has 2 aromatic rings. The lowest BCUT2D eigenvalue weighted by Crippen LogP contribution is -2.31. The number of hydrogen-bond donors (Lipinski definition) is 0. The highest BCUT2D eigenvalue weighted by atomic mass is 32.1. The van der Waals surface area contributed by atoms with Gasteiger partial charge in [0.2, 0.25) is 5.95 Å². The van der Waals surface area contributed by atoms with Gasteiger partial charge in [-0.1, -0.05) is 6.07 Å². The summed E-state index contributed by atoms with van der Waals surface area (Å²) >= 11 is 1.81. The fourth-order valence-corrected chi connectivity index (χ4v) is 3.65. The van der Waals surface area contributed by atoms with Crippen molar-refractivity contribution in [2.24, 2.45) is 0 Å². The average molecular weight is 330 g/mol. The summed E-state index contributed by atoms with van der Waals surface area (Å²) < 4.78 is 0. The minimum atomic E-state index is 0.0204. The number of carbonyl (C=O) groups excluding carboxylic acids is 1. The third-order valence-electron chi connectivity index (χ3n) is 4.18. The van der Waals surface area contributed by atoms with E-state index in [2.05, 4.69) is 37.3 Å². The highest BCUT2D eigenvalue weighted by Gasteiger charge is 2.18. The van der Waals surface area contributed by atoms with Crippen molar-refractivity contribution in [1.29, 1.82) is 0 Å². The van der Waals surface area contributed by atoms with E-state index in [4.69, 9.17) is 0 Å². The summed E-state index contributed by atoms with van der Waals surface area (Å²) in [6.45, 7) is 8.44. The largest absolute Gasteiger partial charge is 0.339 e. The van der Waals surface area contributed by atoms with Crippen molar-refractivity contribution in [3.05, 3.63) is 39.8 Å². The molecule has 1 fully saturated rings. The first-order valence-electron chi connectivity index (χ1n) is 7.98. The molecule has 122 valence electrons. The molecule has 1 aliphatic rings. The fourth-order valence-electron chi connectivity index (χ4n) is 2.90. The van der Waals surface area contributed by atoms with Gasteiger partial charge in [-0.25, -0.2) is 9.97 Å². The number of carbonyl (C=O) groups is 1. The second kappa shape index (κ2) is 7.19. The molecule has 0 aliphatic carbocycles. The molecule has 5 nitrogen and oxygen atoms in total. The Kier molecular flexibility index (Phi) is 5.03. The maximum atomic E-state index is 11.5. The van der Waals surface area contributed by atoms with Crippen LogP contribution in [0.1, 0.15) is 34.3 Å². The molecular weight excluding hydrogens is 308 g/mol. The zero-order chi connectivity index (χ0) is 16.2. The molecule has 3 heterocycles. The summed E-state index contributed by atoms with van der Waals surface area (Å²) in [6.07, 6.45) is 2.76. The summed E-state index contributed by atoms with van der Waals surface area (Å²) in [6, 6.07) is 4.30. The van der Waals surface area contributed by atoms with Gasteiger partial charge in [0.1, 0.15) is 0 Å². The van der Waals surface area contributed by atoms with E-state index in [1.165, 1.54) is 4.88 Å². The Morgan fingerprint density at radius 3 is 2.87 bits per heavy atom. The third kappa shape index (κ3) is 3.95. The minimum absolute atomic E-state index is 0.0204. The van der Waals surface area contributed by atoms with Gasteiger partial charge in [-0.05, 0) is 31.7 Å². The van der Waals surface area contributed by atoms with Gasteiger partial charge in [0.05, 0.1) is 11.3 Å². The van der Waals surface area contributed by atoms with Crippen LogP contribution in [-0.4, -0.2) is 46.8 Å². The molecule has 0 spiro atoms. The van der Waals surface area contributed by atoms with Gasteiger partial charge < -0.3 is 4.90 Å². The third-order valence-corrected chi connectivity index (χ3v) is 5.04. The first kappa shape index (κ1) is 16.1. The highest BCUT2D eigenvalue weighted by Crippen LogP contribution is 2.17. The van der Waals surface area contributed by atoms with Crippen molar-refractivity contribution in [3.8, 4) is 0 Å². The van der Waals surface area contributed by atoms with Crippen LogP contribution in [0.2, 0.25) is 0 Å². The molecule has 0 radical (unpaired) electrons. The zero-order valence-corrected chi connectivity index (χ0v) is 14.5.